The van der Waals surface area contributed by atoms with Gasteiger partial charge in [-0.1, -0.05) is 0 Å². The Balaban J connectivity index is 2.00. The third-order valence-electron chi connectivity index (χ3n) is 3.08. The van der Waals surface area contributed by atoms with Gasteiger partial charge in [0.2, 0.25) is 0 Å². The van der Waals surface area contributed by atoms with Crippen LogP contribution >= 0.6 is 0 Å². The van der Waals surface area contributed by atoms with Gasteiger partial charge in [-0.25, -0.2) is 15.0 Å². The molecule has 0 unspecified atom stereocenters. The average molecular weight is 374 g/mol. The number of alkyl halides is 3. The molecule has 0 fully saturated rings. The Labute approximate surface area is 138 Å². The highest BCUT2D eigenvalue weighted by Gasteiger charge is 2.48. The van der Waals surface area contributed by atoms with Crippen molar-refractivity contribution in [1.82, 2.24) is 19.9 Å². The number of fused-ring (bicyclic) bond motifs is 1. The van der Waals surface area contributed by atoms with Crippen molar-refractivity contribution >= 4 is 21.3 Å². The van der Waals surface area contributed by atoms with Crippen molar-refractivity contribution in [3.8, 4) is 22.9 Å². The van der Waals surface area contributed by atoms with E-state index in [1.54, 1.807) is 0 Å². The summed E-state index contributed by atoms with van der Waals surface area (Å²) in [6, 6.07) is 3.38. The van der Waals surface area contributed by atoms with E-state index in [9.17, 15) is 21.6 Å². The molecule has 8 nitrogen and oxygen atoms in total. The topological polar surface area (TPSA) is 107 Å². The lowest BCUT2D eigenvalue weighted by molar-refractivity contribution is -0.0500. The number of imidazole rings is 1. The first-order chi connectivity index (χ1) is 11.7. The number of hydrogen-bond acceptors (Lipinski definition) is 7. The van der Waals surface area contributed by atoms with Crippen LogP contribution in [0.4, 0.5) is 13.2 Å². The maximum Gasteiger partial charge on any atom is 0.534 e. The molecule has 1 N–H and O–H groups in total. The molecular formula is C13H9F3N4O4S. The van der Waals surface area contributed by atoms with Crippen LogP contribution in [0.1, 0.15) is 0 Å². The van der Waals surface area contributed by atoms with Gasteiger partial charge >= 0.3 is 15.6 Å². The van der Waals surface area contributed by atoms with E-state index >= 15 is 0 Å². The van der Waals surface area contributed by atoms with Crippen LogP contribution in [0.25, 0.3) is 22.6 Å². The number of rotatable bonds is 4. The summed E-state index contributed by atoms with van der Waals surface area (Å²) in [7, 11) is -4.50. The molecule has 0 amide bonds. The Bertz CT molecular complexity index is 1000. The molecule has 0 atom stereocenters. The first-order valence-electron chi connectivity index (χ1n) is 6.56. The summed E-state index contributed by atoms with van der Waals surface area (Å²) in [4.78, 5) is 14.9. The first kappa shape index (κ1) is 17.0. The Morgan fingerprint density at radius 2 is 2.00 bits per heavy atom. The minimum atomic E-state index is -5.77. The summed E-state index contributed by atoms with van der Waals surface area (Å²) >= 11 is 0. The Morgan fingerprint density at radius 1 is 1.24 bits per heavy atom. The SMILES string of the molecule is COc1cc(OS(=O)(=O)C(F)(F)F)ccc1-c1nc2ncncc2[nH]1. The molecule has 0 saturated carbocycles. The first-order valence-corrected chi connectivity index (χ1v) is 7.97. The molecule has 0 saturated heterocycles. The predicted octanol–water partition coefficient (Wildman–Crippen LogP) is 2.26. The lowest BCUT2D eigenvalue weighted by Gasteiger charge is -2.12. The number of nitrogens with zero attached hydrogens (tertiary/aromatic N) is 3. The van der Waals surface area contributed by atoms with E-state index in [1.807, 2.05) is 0 Å². The lowest BCUT2D eigenvalue weighted by Crippen LogP contribution is -2.28. The third-order valence-corrected chi connectivity index (χ3v) is 4.06. The van der Waals surface area contributed by atoms with Crippen LogP contribution in [-0.2, 0) is 10.1 Å². The standard InChI is InChI=1S/C13H9F3N4O4S/c1-23-10-4-7(24-25(21,22)13(14,15)16)2-3-8(10)11-19-9-5-17-6-18-12(9)20-11/h2-6H,1H3,(H,17,18,19,20). The number of methoxy groups -OCH3 is 1. The second kappa shape index (κ2) is 5.88. The Hall–Kier alpha value is -2.89. The van der Waals surface area contributed by atoms with Gasteiger partial charge < -0.3 is 13.9 Å². The number of hydrogen-bond donors (Lipinski definition) is 1. The Morgan fingerprint density at radius 3 is 2.64 bits per heavy atom. The molecule has 0 bridgehead atoms. The number of ether oxygens (including phenoxy) is 1. The monoisotopic (exact) mass is 374 g/mol. The fourth-order valence-corrected chi connectivity index (χ4v) is 2.43. The van der Waals surface area contributed by atoms with Crippen LogP contribution < -0.4 is 8.92 Å². The van der Waals surface area contributed by atoms with Crippen molar-refractivity contribution in [2.75, 3.05) is 7.11 Å². The summed E-state index contributed by atoms with van der Waals surface area (Å²) < 4.78 is 68.5. The smallest absolute Gasteiger partial charge is 0.496 e. The molecule has 0 aliphatic rings. The van der Waals surface area contributed by atoms with Crippen molar-refractivity contribution in [2.24, 2.45) is 0 Å². The van der Waals surface area contributed by atoms with Crippen LogP contribution in [0.15, 0.2) is 30.7 Å². The average Bonchev–Trinajstić information content (AvgIpc) is 2.97. The van der Waals surface area contributed by atoms with Crippen LogP contribution in [0.3, 0.4) is 0 Å². The minimum Gasteiger partial charge on any atom is -0.496 e. The molecule has 12 heteroatoms. The van der Waals surface area contributed by atoms with Crippen LogP contribution in [-0.4, -0.2) is 41.0 Å². The molecule has 0 spiro atoms. The molecule has 25 heavy (non-hydrogen) atoms. The highest BCUT2D eigenvalue weighted by Crippen LogP contribution is 2.34. The number of H-pyrrole nitrogens is 1. The van der Waals surface area contributed by atoms with E-state index in [1.165, 1.54) is 25.7 Å². The molecule has 1 aromatic carbocycles. The predicted molar refractivity (Wildman–Crippen MR) is 79.3 cm³/mol. The maximum atomic E-state index is 12.4. The van der Waals surface area contributed by atoms with Crippen molar-refractivity contribution in [3.05, 3.63) is 30.7 Å². The van der Waals surface area contributed by atoms with E-state index in [4.69, 9.17) is 4.74 Å². The van der Waals surface area contributed by atoms with Gasteiger partial charge in [0.15, 0.2) is 5.65 Å². The number of halogens is 3. The van der Waals surface area contributed by atoms with Gasteiger partial charge in [-0.05, 0) is 12.1 Å². The van der Waals surface area contributed by atoms with Gasteiger partial charge in [0.1, 0.15) is 29.2 Å². The minimum absolute atomic E-state index is 0.0573. The van der Waals surface area contributed by atoms with Gasteiger partial charge in [-0.15, -0.1) is 0 Å². The van der Waals surface area contributed by atoms with E-state index < -0.39 is 21.4 Å². The molecule has 132 valence electrons. The Kier molecular flexibility index (Phi) is 3.99. The van der Waals surface area contributed by atoms with Gasteiger partial charge in [0.05, 0.1) is 18.9 Å². The normalized spacial score (nSPS) is 12.3. The lowest BCUT2D eigenvalue weighted by atomic mass is 10.2. The van der Waals surface area contributed by atoms with Crippen molar-refractivity contribution in [3.63, 3.8) is 0 Å². The summed E-state index contributed by atoms with van der Waals surface area (Å²) in [6.07, 6.45) is 2.81. The van der Waals surface area contributed by atoms with Crippen LogP contribution in [0.5, 0.6) is 11.5 Å². The van der Waals surface area contributed by atoms with E-state index in [2.05, 4.69) is 24.1 Å². The van der Waals surface area contributed by atoms with Crippen molar-refractivity contribution in [2.45, 2.75) is 5.51 Å². The second-order valence-corrected chi connectivity index (χ2v) is 6.23. The maximum absolute atomic E-state index is 12.4. The molecular weight excluding hydrogens is 365 g/mol. The molecule has 3 aromatic rings. The van der Waals surface area contributed by atoms with Crippen LogP contribution in [0.2, 0.25) is 0 Å². The van der Waals surface area contributed by atoms with Crippen molar-refractivity contribution < 1.29 is 30.5 Å². The summed E-state index contributed by atoms with van der Waals surface area (Å²) in [5.41, 5.74) is -4.24. The largest absolute Gasteiger partial charge is 0.534 e. The second-order valence-electron chi connectivity index (χ2n) is 4.69. The highest BCUT2D eigenvalue weighted by molar-refractivity contribution is 7.88. The molecule has 0 aliphatic heterocycles. The summed E-state index contributed by atoms with van der Waals surface area (Å²) in [5, 5.41) is 0. The molecule has 0 radical (unpaired) electrons. The summed E-state index contributed by atoms with van der Waals surface area (Å²) in [5.74, 6) is -0.173. The molecule has 0 aliphatic carbocycles. The van der Waals surface area contributed by atoms with Gasteiger partial charge in [0, 0.05) is 6.07 Å². The van der Waals surface area contributed by atoms with Gasteiger partial charge in [-0.2, -0.15) is 21.6 Å². The fourth-order valence-electron chi connectivity index (χ4n) is 1.98. The highest BCUT2D eigenvalue weighted by atomic mass is 32.2. The molecule has 3 rings (SSSR count). The van der Waals surface area contributed by atoms with Gasteiger partial charge in [0.25, 0.3) is 0 Å². The number of aromatic amines is 1. The zero-order valence-corrected chi connectivity index (χ0v) is 13.2. The third kappa shape index (κ3) is 3.20. The number of nitrogens with one attached hydrogen (secondary N) is 1. The molecule has 2 aromatic heterocycles. The summed E-state index contributed by atoms with van der Waals surface area (Å²) in [6.45, 7) is 0. The number of benzene rings is 1. The molecule has 2 heterocycles. The zero-order chi connectivity index (χ0) is 18.2. The van der Waals surface area contributed by atoms with Crippen LogP contribution in [0, 0.1) is 0 Å². The van der Waals surface area contributed by atoms with E-state index in [-0.39, 0.29) is 5.75 Å². The quantitative estimate of drug-likeness (QED) is 0.551. The van der Waals surface area contributed by atoms with Crippen molar-refractivity contribution in [1.29, 1.82) is 0 Å². The number of aromatic nitrogens is 4. The van der Waals surface area contributed by atoms with E-state index in [0.29, 0.717) is 22.6 Å². The van der Waals surface area contributed by atoms with E-state index in [0.717, 1.165) is 12.1 Å². The van der Waals surface area contributed by atoms with Gasteiger partial charge in [-0.3, -0.25) is 0 Å². The zero-order valence-electron chi connectivity index (χ0n) is 12.4. The fraction of sp³-hybridized carbons (Fsp3) is 0.154.